The van der Waals surface area contributed by atoms with E-state index in [9.17, 15) is 12.8 Å². The fourth-order valence-corrected chi connectivity index (χ4v) is 5.19. The van der Waals surface area contributed by atoms with Gasteiger partial charge in [0.1, 0.15) is 10.7 Å². The van der Waals surface area contributed by atoms with Crippen LogP contribution in [0.3, 0.4) is 0 Å². The number of hydrogen-bond donors (Lipinski definition) is 1. The van der Waals surface area contributed by atoms with Crippen LogP contribution in [0.2, 0.25) is 0 Å². The van der Waals surface area contributed by atoms with Crippen LogP contribution in [0, 0.1) is 5.82 Å². The molecule has 0 radical (unpaired) electrons. The number of hydrogen-bond acceptors (Lipinski definition) is 4. The maximum Gasteiger partial charge on any atom is 0.246 e. The molecule has 0 amide bonds. The van der Waals surface area contributed by atoms with Crippen molar-refractivity contribution in [2.24, 2.45) is 0 Å². The second kappa shape index (κ2) is 5.63. The van der Waals surface area contributed by atoms with Gasteiger partial charge in [0, 0.05) is 23.6 Å². The van der Waals surface area contributed by atoms with E-state index in [1.54, 1.807) is 11.8 Å². The number of halogens is 1. The molecule has 4 nitrogen and oxygen atoms in total. The molecule has 1 N–H and O–H groups in total. The molecular formula is C13H18FNO3S2. The first kappa shape index (κ1) is 15.8. The van der Waals surface area contributed by atoms with Gasteiger partial charge >= 0.3 is 0 Å². The third-order valence-corrected chi connectivity index (χ3v) is 6.34. The van der Waals surface area contributed by atoms with Gasteiger partial charge in [0.25, 0.3) is 0 Å². The van der Waals surface area contributed by atoms with Gasteiger partial charge in [-0.1, -0.05) is 6.07 Å². The fourth-order valence-electron chi connectivity index (χ4n) is 2.16. The van der Waals surface area contributed by atoms with E-state index in [4.69, 9.17) is 5.11 Å². The first-order valence-electron chi connectivity index (χ1n) is 6.30. The summed E-state index contributed by atoms with van der Waals surface area (Å²) in [6.07, 6.45) is 0. The van der Waals surface area contributed by atoms with Gasteiger partial charge in [0.15, 0.2) is 0 Å². The highest BCUT2D eigenvalue weighted by Crippen LogP contribution is 2.33. The highest BCUT2D eigenvalue weighted by atomic mass is 32.2. The lowest BCUT2D eigenvalue weighted by molar-refractivity contribution is 0.281. The van der Waals surface area contributed by atoms with Gasteiger partial charge in [0.05, 0.1) is 6.61 Å². The van der Waals surface area contributed by atoms with E-state index in [1.165, 1.54) is 16.4 Å². The molecule has 0 atom stereocenters. The van der Waals surface area contributed by atoms with E-state index < -0.39 is 15.8 Å². The summed E-state index contributed by atoms with van der Waals surface area (Å²) in [5.41, 5.74) is 0.385. The van der Waals surface area contributed by atoms with Crippen LogP contribution in [0.1, 0.15) is 19.4 Å². The van der Waals surface area contributed by atoms with Crippen molar-refractivity contribution in [3.63, 3.8) is 0 Å². The van der Waals surface area contributed by atoms with Crippen molar-refractivity contribution in [3.05, 3.63) is 29.6 Å². The molecule has 112 valence electrons. The number of thioether (sulfide) groups is 1. The summed E-state index contributed by atoms with van der Waals surface area (Å²) in [6, 6.07) is 3.67. The lowest BCUT2D eigenvalue weighted by Crippen LogP contribution is -2.46. The van der Waals surface area contributed by atoms with Crippen molar-refractivity contribution in [2.45, 2.75) is 30.1 Å². The Hall–Kier alpha value is -0.630. The molecule has 1 aliphatic rings. The van der Waals surface area contributed by atoms with E-state index >= 15 is 0 Å². The molecule has 0 aliphatic carbocycles. The van der Waals surface area contributed by atoms with Gasteiger partial charge in [-0.2, -0.15) is 16.1 Å². The smallest absolute Gasteiger partial charge is 0.246 e. The molecule has 0 saturated carbocycles. The highest BCUT2D eigenvalue weighted by Gasteiger charge is 2.35. The Labute approximate surface area is 123 Å². The van der Waals surface area contributed by atoms with Crippen LogP contribution in [0.5, 0.6) is 0 Å². The largest absolute Gasteiger partial charge is 0.392 e. The van der Waals surface area contributed by atoms with Crippen LogP contribution >= 0.6 is 11.8 Å². The second-order valence-corrected chi connectivity index (χ2v) is 9.08. The Morgan fingerprint density at radius 3 is 2.75 bits per heavy atom. The number of sulfonamides is 1. The van der Waals surface area contributed by atoms with Crippen LogP contribution in [0.15, 0.2) is 23.1 Å². The van der Waals surface area contributed by atoms with E-state index in [0.717, 1.165) is 6.07 Å². The van der Waals surface area contributed by atoms with Gasteiger partial charge < -0.3 is 5.11 Å². The maximum atomic E-state index is 13.9. The molecule has 1 saturated heterocycles. The average Bonchev–Trinajstić information content (AvgIpc) is 2.38. The van der Waals surface area contributed by atoms with Crippen molar-refractivity contribution in [3.8, 4) is 0 Å². The van der Waals surface area contributed by atoms with E-state index in [-0.39, 0.29) is 16.2 Å². The maximum absolute atomic E-state index is 13.9. The summed E-state index contributed by atoms with van der Waals surface area (Å²) >= 11 is 1.71. The summed E-state index contributed by atoms with van der Waals surface area (Å²) in [7, 11) is -3.86. The van der Waals surface area contributed by atoms with Gasteiger partial charge in [-0.05, 0) is 31.5 Å². The molecule has 1 aliphatic heterocycles. The zero-order valence-electron chi connectivity index (χ0n) is 11.5. The van der Waals surface area contributed by atoms with Crippen molar-refractivity contribution in [1.82, 2.24) is 4.31 Å². The Bertz CT molecular complexity index is 602. The normalized spacial score (nSPS) is 20.0. The molecule has 1 aromatic carbocycles. The first-order valence-corrected chi connectivity index (χ1v) is 8.72. The van der Waals surface area contributed by atoms with E-state index in [1.807, 2.05) is 13.8 Å². The second-order valence-electron chi connectivity index (χ2n) is 5.37. The highest BCUT2D eigenvalue weighted by molar-refractivity contribution is 8.00. The number of aliphatic hydroxyl groups is 1. The van der Waals surface area contributed by atoms with Crippen molar-refractivity contribution in [2.75, 3.05) is 18.8 Å². The number of nitrogens with zero attached hydrogens (tertiary/aromatic N) is 1. The third-order valence-electron chi connectivity index (χ3n) is 3.19. The zero-order chi connectivity index (χ0) is 15.0. The van der Waals surface area contributed by atoms with Crippen LogP contribution in [-0.4, -0.2) is 41.4 Å². The lowest BCUT2D eigenvalue weighted by Gasteiger charge is -2.36. The predicted molar refractivity (Wildman–Crippen MR) is 77.6 cm³/mol. The van der Waals surface area contributed by atoms with Gasteiger partial charge in [-0.25, -0.2) is 12.8 Å². The quantitative estimate of drug-likeness (QED) is 0.923. The topological polar surface area (TPSA) is 57.6 Å². The summed E-state index contributed by atoms with van der Waals surface area (Å²) in [5, 5.41) is 9.08. The van der Waals surface area contributed by atoms with Crippen molar-refractivity contribution >= 4 is 21.8 Å². The molecule has 1 aromatic rings. The first-order chi connectivity index (χ1) is 9.26. The standard InChI is InChI=1S/C13H18FNO3S2/c1-13(2)9-15(5-6-19-13)20(17,18)12-7-10(8-16)3-4-11(12)14/h3-4,7,16H,5-6,8-9H2,1-2H3. The lowest BCUT2D eigenvalue weighted by atomic mass is 10.2. The van der Waals surface area contributed by atoms with Crippen molar-refractivity contribution in [1.29, 1.82) is 0 Å². The Balaban J connectivity index is 2.40. The Kier molecular flexibility index (Phi) is 4.44. The minimum Gasteiger partial charge on any atom is -0.392 e. The van der Waals surface area contributed by atoms with E-state index in [0.29, 0.717) is 24.4 Å². The van der Waals surface area contributed by atoms with E-state index in [2.05, 4.69) is 0 Å². The Morgan fingerprint density at radius 2 is 2.15 bits per heavy atom. The van der Waals surface area contributed by atoms with Crippen LogP contribution in [0.4, 0.5) is 4.39 Å². The third kappa shape index (κ3) is 3.16. The van der Waals surface area contributed by atoms with Crippen molar-refractivity contribution < 1.29 is 17.9 Å². The Morgan fingerprint density at radius 1 is 1.45 bits per heavy atom. The molecule has 1 fully saturated rings. The SMILES string of the molecule is CC1(C)CN(S(=O)(=O)c2cc(CO)ccc2F)CCS1. The minimum atomic E-state index is -3.86. The summed E-state index contributed by atoms with van der Waals surface area (Å²) in [6.45, 7) is 4.35. The molecule has 0 aromatic heterocycles. The molecule has 2 rings (SSSR count). The summed E-state index contributed by atoms with van der Waals surface area (Å²) in [4.78, 5) is -0.355. The number of rotatable bonds is 3. The summed E-state index contributed by atoms with van der Waals surface area (Å²) < 4.78 is 40.1. The molecule has 0 bridgehead atoms. The van der Waals surface area contributed by atoms with Crippen LogP contribution in [-0.2, 0) is 16.6 Å². The monoisotopic (exact) mass is 319 g/mol. The number of benzene rings is 1. The molecular weight excluding hydrogens is 301 g/mol. The van der Waals surface area contributed by atoms with Gasteiger partial charge in [-0.15, -0.1) is 0 Å². The summed E-state index contributed by atoms with van der Waals surface area (Å²) in [5.74, 6) is -0.0914. The molecule has 20 heavy (non-hydrogen) atoms. The average molecular weight is 319 g/mol. The number of aliphatic hydroxyl groups excluding tert-OH is 1. The molecule has 1 heterocycles. The molecule has 7 heteroatoms. The van der Waals surface area contributed by atoms with Crippen LogP contribution in [0.25, 0.3) is 0 Å². The van der Waals surface area contributed by atoms with Gasteiger partial charge in [0.2, 0.25) is 10.0 Å². The van der Waals surface area contributed by atoms with Crippen LogP contribution < -0.4 is 0 Å². The van der Waals surface area contributed by atoms with Gasteiger partial charge in [-0.3, -0.25) is 0 Å². The molecule has 0 spiro atoms. The minimum absolute atomic E-state index is 0.184. The zero-order valence-corrected chi connectivity index (χ0v) is 13.1. The molecule has 0 unspecified atom stereocenters. The fraction of sp³-hybridized carbons (Fsp3) is 0.538. The predicted octanol–water partition coefficient (Wildman–Crippen LogP) is 1.83.